The van der Waals surface area contributed by atoms with Gasteiger partial charge in [-0.05, 0) is 24.3 Å². The van der Waals surface area contributed by atoms with Crippen LogP contribution in [-0.2, 0) is 11.3 Å². The lowest BCUT2D eigenvalue weighted by molar-refractivity contribution is -0.119. The van der Waals surface area contributed by atoms with Gasteiger partial charge in [-0.25, -0.2) is 9.37 Å². The second-order valence-corrected chi connectivity index (χ2v) is 5.80. The molecule has 0 saturated heterocycles. The van der Waals surface area contributed by atoms with Crippen LogP contribution >= 0.6 is 11.3 Å². The van der Waals surface area contributed by atoms with E-state index >= 15 is 0 Å². The van der Waals surface area contributed by atoms with Crippen LogP contribution in [0.4, 0.5) is 9.52 Å². The SMILES string of the molecule is CN(CC(=O)NCc1ccco1)c1nc2c(F)cccc2s1. The third kappa shape index (κ3) is 3.09. The van der Waals surface area contributed by atoms with Crippen LogP contribution < -0.4 is 10.2 Å². The average Bonchev–Trinajstić information content (AvgIpc) is 3.15. The first kappa shape index (κ1) is 14.5. The number of hydrogen-bond acceptors (Lipinski definition) is 5. The number of aromatic nitrogens is 1. The van der Waals surface area contributed by atoms with Gasteiger partial charge in [0.15, 0.2) is 5.13 Å². The molecule has 0 bridgehead atoms. The van der Waals surface area contributed by atoms with Gasteiger partial charge in [0.25, 0.3) is 0 Å². The van der Waals surface area contributed by atoms with Crippen molar-refractivity contribution in [1.29, 1.82) is 0 Å². The Balaban J connectivity index is 1.63. The molecule has 1 aromatic carbocycles. The van der Waals surface area contributed by atoms with Crippen molar-refractivity contribution < 1.29 is 13.6 Å². The number of halogens is 1. The average molecular weight is 319 g/mol. The molecule has 5 nitrogen and oxygen atoms in total. The van der Waals surface area contributed by atoms with E-state index < -0.39 is 0 Å². The van der Waals surface area contributed by atoms with E-state index in [2.05, 4.69) is 10.3 Å². The molecule has 0 atom stereocenters. The molecule has 0 saturated carbocycles. The molecule has 1 amide bonds. The first-order chi connectivity index (χ1) is 10.6. The first-order valence-corrected chi connectivity index (χ1v) is 7.50. The molecule has 0 spiro atoms. The third-order valence-electron chi connectivity index (χ3n) is 3.11. The number of anilines is 1. The van der Waals surface area contributed by atoms with Crippen molar-refractivity contribution in [3.05, 3.63) is 48.2 Å². The molecule has 0 aliphatic carbocycles. The summed E-state index contributed by atoms with van der Waals surface area (Å²) in [7, 11) is 1.75. The number of carbonyl (C=O) groups is 1. The quantitative estimate of drug-likeness (QED) is 0.785. The summed E-state index contributed by atoms with van der Waals surface area (Å²) in [5.74, 6) is 0.187. The maximum atomic E-state index is 13.6. The largest absolute Gasteiger partial charge is 0.467 e. The monoisotopic (exact) mass is 319 g/mol. The zero-order chi connectivity index (χ0) is 15.5. The van der Waals surface area contributed by atoms with Gasteiger partial charge in [0.2, 0.25) is 5.91 Å². The lowest BCUT2D eigenvalue weighted by Crippen LogP contribution is -2.34. The van der Waals surface area contributed by atoms with E-state index in [0.29, 0.717) is 23.0 Å². The van der Waals surface area contributed by atoms with Gasteiger partial charge in [-0.1, -0.05) is 17.4 Å². The van der Waals surface area contributed by atoms with Crippen molar-refractivity contribution >= 4 is 32.6 Å². The van der Waals surface area contributed by atoms with Gasteiger partial charge in [-0.15, -0.1) is 0 Å². The van der Waals surface area contributed by atoms with Crippen molar-refractivity contribution in [2.24, 2.45) is 0 Å². The number of carbonyl (C=O) groups excluding carboxylic acids is 1. The van der Waals surface area contributed by atoms with Gasteiger partial charge in [-0.2, -0.15) is 0 Å². The van der Waals surface area contributed by atoms with E-state index in [1.165, 1.54) is 17.4 Å². The summed E-state index contributed by atoms with van der Waals surface area (Å²) in [6.07, 6.45) is 1.56. The van der Waals surface area contributed by atoms with Gasteiger partial charge in [-0.3, -0.25) is 4.79 Å². The number of nitrogens with zero attached hydrogens (tertiary/aromatic N) is 2. The molecule has 0 fully saturated rings. The summed E-state index contributed by atoms with van der Waals surface area (Å²) in [4.78, 5) is 17.9. The highest BCUT2D eigenvalue weighted by Crippen LogP contribution is 2.29. The van der Waals surface area contributed by atoms with E-state index in [4.69, 9.17) is 4.42 Å². The number of nitrogens with one attached hydrogen (secondary N) is 1. The standard InChI is InChI=1S/C15H14FN3O2S/c1-19(9-13(20)17-8-10-4-3-7-21-10)15-18-14-11(16)5-2-6-12(14)22-15/h2-7H,8-9H2,1H3,(H,17,20). The molecule has 3 aromatic rings. The second-order valence-electron chi connectivity index (χ2n) is 4.80. The Hall–Kier alpha value is -2.41. The Bertz CT molecular complexity index is 785. The Morgan fingerprint density at radius 1 is 1.41 bits per heavy atom. The van der Waals surface area contributed by atoms with Crippen LogP contribution in [-0.4, -0.2) is 24.5 Å². The number of rotatable bonds is 5. The normalized spacial score (nSPS) is 10.8. The number of furan rings is 1. The van der Waals surface area contributed by atoms with E-state index in [1.807, 2.05) is 6.07 Å². The highest BCUT2D eigenvalue weighted by Gasteiger charge is 2.14. The predicted octanol–water partition coefficient (Wildman–Crippen LogP) is 2.78. The first-order valence-electron chi connectivity index (χ1n) is 6.69. The number of likely N-dealkylation sites (N-methyl/N-ethyl adjacent to an activating group) is 1. The number of para-hydroxylation sites is 1. The lowest BCUT2D eigenvalue weighted by Gasteiger charge is -2.14. The molecule has 0 radical (unpaired) electrons. The van der Waals surface area contributed by atoms with Crippen LogP contribution in [0.25, 0.3) is 10.2 Å². The Morgan fingerprint density at radius 3 is 3.00 bits per heavy atom. The summed E-state index contributed by atoms with van der Waals surface area (Å²) < 4.78 is 19.5. The summed E-state index contributed by atoms with van der Waals surface area (Å²) in [5, 5.41) is 3.36. The highest BCUT2D eigenvalue weighted by molar-refractivity contribution is 7.22. The zero-order valence-corrected chi connectivity index (χ0v) is 12.7. The molecule has 1 N–H and O–H groups in total. The summed E-state index contributed by atoms with van der Waals surface area (Å²) >= 11 is 1.35. The second kappa shape index (κ2) is 6.15. The van der Waals surface area contributed by atoms with Crippen LogP contribution in [0, 0.1) is 5.82 Å². The zero-order valence-electron chi connectivity index (χ0n) is 11.9. The van der Waals surface area contributed by atoms with Crippen LogP contribution in [0.2, 0.25) is 0 Å². The van der Waals surface area contributed by atoms with Crippen molar-refractivity contribution in [1.82, 2.24) is 10.3 Å². The molecule has 114 valence electrons. The number of hydrogen-bond donors (Lipinski definition) is 1. The topological polar surface area (TPSA) is 58.4 Å². The van der Waals surface area contributed by atoms with Crippen LogP contribution in [0.1, 0.15) is 5.76 Å². The summed E-state index contributed by atoms with van der Waals surface area (Å²) in [6.45, 7) is 0.482. The van der Waals surface area contributed by atoms with E-state index in [0.717, 1.165) is 4.70 Å². The fourth-order valence-electron chi connectivity index (χ4n) is 2.00. The number of amides is 1. The summed E-state index contributed by atoms with van der Waals surface area (Å²) in [6, 6.07) is 8.39. The minimum Gasteiger partial charge on any atom is -0.467 e. The molecule has 0 aliphatic rings. The Morgan fingerprint density at radius 2 is 2.27 bits per heavy atom. The van der Waals surface area contributed by atoms with Crippen molar-refractivity contribution in [3.8, 4) is 0 Å². The van der Waals surface area contributed by atoms with Crippen molar-refractivity contribution in [3.63, 3.8) is 0 Å². The predicted molar refractivity (Wildman–Crippen MR) is 83.4 cm³/mol. The molecule has 0 unspecified atom stereocenters. The van der Waals surface area contributed by atoms with Crippen LogP contribution in [0.3, 0.4) is 0 Å². The maximum Gasteiger partial charge on any atom is 0.239 e. The molecule has 2 heterocycles. The minimum atomic E-state index is -0.351. The Labute approximate surface area is 130 Å². The van der Waals surface area contributed by atoms with Crippen molar-refractivity contribution in [2.45, 2.75) is 6.54 Å². The Kier molecular flexibility index (Phi) is 4.06. The van der Waals surface area contributed by atoms with Crippen LogP contribution in [0.15, 0.2) is 41.0 Å². The molecule has 22 heavy (non-hydrogen) atoms. The number of benzene rings is 1. The molecule has 2 aromatic heterocycles. The summed E-state index contributed by atoms with van der Waals surface area (Å²) in [5.41, 5.74) is 0.338. The van der Waals surface area contributed by atoms with Gasteiger partial charge >= 0.3 is 0 Å². The molecule has 3 rings (SSSR count). The van der Waals surface area contributed by atoms with Gasteiger partial charge in [0, 0.05) is 7.05 Å². The highest BCUT2D eigenvalue weighted by atomic mass is 32.1. The molecular formula is C15H14FN3O2S. The fraction of sp³-hybridized carbons (Fsp3) is 0.200. The van der Waals surface area contributed by atoms with Gasteiger partial charge < -0.3 is 14.6 Å². The number of thiazole rings is 1. The van der Waals surface area contributed by atoms with E-state index in [-0.39, 0.29) is 18.3 Å². The molecule has 7 heteroatoms. The lowest BCUT2D eigenvalue weighted by atomic mass is 10.3. The maximum absolute atomic E-state index is 13.6. The van der Waals surface area contributed by atoms with E-state index in [9.17, 15) is 9.18 Å². The fourth-order valence-corrected chi connectivity index (χ4v) is 2.94. The minimum absolute atomic E-state index is 0.141. The van der Waals surface area contributed by atoms with Crippen LogP contribution in [0.5, 0.6) is 0 Å². The molecule has 0 aliphatic heterocycles. The number of fused-ring (bicyclic) bond motifs is 1. The van der Waals surface area contributed by atoms with Gasteiger partial charge in [0.1, 0.15) is 17.1 Å². The van der Waals surface area contributed by atoms with Crippen molar-refractivity contribution in [2.75, 3.05) is 18.5 Å². The van der Waals surface area contributed by atoms with Gasteiger partial charge in [0.05, 0.1) is 24.1 Å². The third-order valence-corrected chi connectivity index (χ3v) is 4.24. The molecular weight excluding hydrogens is 305 g/mol. The smallest absolute Gasteiger partial charge is 0.239 e. The van der Waals surface area contributed by atoms with E-state index in [1.54, 1.807) is 36.4 Å².